The number of hydrogen-bond acceptors (Lipinski definition) is 4. The zero-order valence-electron chi connectivity index (χ0n) is 11.7. The SMILES string of the molecule is CCNC(C(C)CCOC)C1CN(C)CCO1. The van der Waals surface area contributed by atoms with Gasteiger partial charge in [-0.1, -0.05) is 13.8 Å². The van der Waals surface area contributed by atoms with E-state index in [1.807, 2.05) is 0 Å². The number of methoxy groups -OCH3 is 1. The van der Waals surface area contributed by atoms with Crippen molar-refractivity contribution < 1.29 is 9.47 Å². The fourth-order valence-corrected chi connectivity index (χ4v) is 2.45. The molecule has 0 aliphatic carbocycles. The zero-order valence-corrected chi connectivity index (χ0v) is 11.7. The van der Waals surface area contributed by atoms with Gasteiger partial charge in [0.15, 0.2) is 0 Å². The van der Waals surface area contributed by atoms with Gasteiger partial charge in [-0.05, 0) is 25.9 Å². The minimum atomic E-state index is 0.306. The summed E-state index contributed by atoms with van der Waals surface area (Å²) in [6.07, 6.45) is 1.39. The molecule has 1 aliphatic heterocycles. The van der Waals surface area contributed by atoms with Crippen molar-refractivity contribution in [1.82, 2.24) is 10.2 Å². The van der Waals surface area contributed by atoms with E-state index in [0.29, 0.717) is 18.1 Å². The summed E-state index contributed by atoms with van der Waals surface area (Å²) in [6, 6.07) is 0.429. The second kappa shape index (κ2) is 8.03. The lowest BCUT2D eigenvalue weighted by molar-refractivity contribution is -0.0495. The van der Waals surface area contributed by atoms with Crippen LogP contribution in [0.25, 0.3) is 0 Å². The summed E-state index contributed by atoms with van der Waals surface area (Å²) in [6.45, 7) is 9.17. The minimum Gasteiger partial charge on any atom is -0.385 e. The summed E-state index contributed by atoms with van der Waals surface area (Å²) in [5, 5.41) is 3.57. The summed E-state index contributed by atoms with van der Waals surface area (Å²) in [4.78, 5) is 2.35. The fourth-order valence-electron chi connectivity index (χ4n) is 2.45. The van der Waals surface area contributed by atoms with E-state index in [0.717, 1.165) is 39.3 Å². The Balaban J connectivity index is 2.50. The van der Waals surface area contributed by atoms with Crippen molar-refractivity contribution in [3.05, 3.63) is 0 Å². The smallest absolute Gasteiger partial charge is 0.0857 e. The maximum Gasteiger partial charge on any atom is 0.0857 e. The highest BCUT2D eigenvalue weighted by atomic mass is 16.5. The Hall–Kier alpha value is -0.160. The van der Waals surface area contributed by atoms with Gasteiger partial charge in [-0.15, -0.1) is 0 Å². The third kappa shape index (κ3) is 4.92. The molecule has 0 radical (unpaired) electrons. The number of rotatable bonds is 7. The average molecular weight is 244 g/mol. The van der Waals surface area contributed by atoms with Gasteiger partial charge in [0, 0.05) is 32.8 Å². The van der Waals surface area contributed by atoms with Crippen LogP contribution in [-0.2, 0) is 9.47 Å². The van der Waals surface area contributed by atoms with E-state index in [9.17, 15) is 0 Å². The highest BCUT2D eigenvalue weighted by molar-refractivity contribution is 4.85. The normalized spacial score (nSPS) is 25.8. The molecular formula is C13H28N2O2. The number of nitrogens with one attached hydrogen (secondary N) is 1. The Labute approximate surface area is 106 Å². The van der Waals surface area contributed by atoms with Crippen molar-refractivity contribution in [1.29, 1.82) is 0 Å². The summed E-state index contributed by atoms with van der Waals surface area (Å²) in [5.74, 6) is 0.575. The maximum absolute atomic E-state index is 5.92. The molecule has 3 atom stereocenters. The van der Waals surface area contributed by atoms with E-state index >= 15 is 0 Å². The van der Waals surface area contributed by atoms with Crippen LogP contribution in [0.1, 0.15) is 20.3 Å². The fraction of sp³-hybridized carbons (Fsp3) is 1.00. The first kappa shape index (κ1) is 14.9. The molecule has 102 valence electrons. The number of likely N-dealkylation sites (N-methyl/N-ethyl adjacent to an activating group) is 2. The van der Waals surface area contributed by atoms with Crippen LogP contribution < -0.4 is 5.32 Å². The van der Waals surface area contributed by atoms with E-state index in [1.165, 1.54) is 0 Å². The summed E-state index contributed by atoms with van der Waals surface area (Å²) in [7, 11) is 3.93. The number of morpholine rings is 1. The molecule has 1 rings (SSSR count). The molecule has 3 unspecified atom stereocenters. The predicted molar refractivity (Wildman–Crippen MR) is 70.4 cm³/mol. The summed E-state index contributed by atoms with van der Waals surface area (Å²) >= 11 is 0. The standard InChI is InChI=1S/C13H28N2O2/c1-5-14-13(11(2)6-8-16-4)12-10-15(3)7-9-17-12/h11-14H,5-10H2,1-4H3. The highest BCUT2D eigenvalue weighted by Gasteiger charge is 2.29. The van der Waals surface area contributed by atoms with Crippen LogP contribution in [0, 0.1) is 5.92 Å². The molecule has 1 saturated heterocycles. The van der Waals surface area contributed by atoms with Crippen molar-refractivity contribution in [3.63, 3.8) is 0 Å². The number of hydrogen-bond donors (Lipinski definition) is 1. The van der Waals surface area contributed by atoms with E-state index < -0.39 is 0 Å². The van der Waals surface area contributed by atoms with E-state index in [1.54, 1.807) is 7.11 Å². The van der Waals surface area contributed by atoms with Crippen LogP contribution in [0.5, 0.6) is 0 Å². The van der Waals surface area contributed by atoms with Gasteiger partial charge in [-0.2, -0.15) is 0 Å². The molecule has 17 heavy (non-hydrogen) atoms. The molecule has 1 N–H and O–H groups in total. The second-order valence-corrected chi connectivity index (χ2v) is 5.01. The van der Waals surface area contributed by atoms with Gasteiger partial charge in [0.05, 0.1) is 12.7 Å². The molecule has 1 aliphatic rings. The molecule has 0 aromatic carbocycles. The minimum absolute atomic E-state index is 0.306. The quantitative estimate of drug-likeness (QED) is 0.723. The first-order valence-electron chi connectivity index (χ1n) is 6.71. The third-order valence-corrected chi connectivity index (χ3v) is 3.53. The van der Waals surface area contributed by atoms with Crippen molar-refractivity contribution >= 4 is 0 Å². The van der Waals surface area contributed by atoms with Crippen LogP contribution in [-0.4, -0.2) is 64.1 Å². The Morgan fingerprint density at radius 2 is 2.29 bits per heavy atom. The predicted octanol–water partition coefficient (Wildman–Crippen LogP) is 0.968. The first-order valence-corrected chi connectivity index (χ1v) is 6.71. The summed E-state index contributed by atoms with van der Waals surface area (Å²) < 4.78 is 11.1. The van der Waals surface area contributed by atoms with Gasteiger partial charge in [0.1, 0.15) is 0 Å². The molecule has 1 heterocycles. The number of nitrogens with zero attached hydrogens (tertiary/aromatic N) is 1. The largest absolute Gasteiger partial charge is 0.385 e. The molecule has 0 bridgehead atoms. The lowest BCUT2D eigenvalue weighted by Crippen LogP contribution is -2.53. The Bertz CT molecular complexity index is 202. The second-order valence-electron chi connectivity index (χ2n) is 5.01. The zero-order chi connectivity index (χ0) is 12.7. The molecule has 0 aromatic heterocycles. The monoisotopic (exact) mass is 244 g/mol. The van der Waals surface area contributed by atoms with Crippen molar-refractivity contribution in [2.24, 2.45) is 5.92 Å². The molecule has 0 amide bonds. The van der Waals surface area contributed by atoms with Gasteiger partial charge in [0.25, 0.3) is 0 Å². The van der Waals surface area contributed by atoms with Crippen molar-refractivity contribution in [2.45, 2.75) is 32.4 Å². The van der Waals surface area contributed by atoms with Gasteiger partial charge in [-0.3, -0.25) is 0 Å². The van der Waals surface area contributed by atoms with E-state index in [2.05, 4.69) is 31.1 Å². The van der Waals surface area contributed by atoms with E-state index in [-0.39, 0.29) is 0 Å². The Morgan fingerprint density at radius 3 is 2.88 bits per heavy atom. The molecule has 0 spiro atoms. The van der Waals surface area contributed by atoms with Gasteiger partial charge < -0.3 is 19.7 Å². The van der Waals surface area contributed by atoms with Gasteiger partial charge >= 0.3 is 0 Å². The van der Waals surface area contributed by atoms with Crippen LogP contribution in [0.3, 0.4) is 0 Å². The Kier molecular flexibility index (Phi) is 7.04. The molecule has 4 nitrogen and oxygen atoms in total. The van der Waals surface area contributed by atoms with Gasteiger partial charge in [0.2, 0.25) is 0 Å². The molecule has 0 saturated carbocycles. The molecule has 0 aromatic rings. The van der Waals surface area contributed by atoms with E-state index in [4.69, 9.17) is 9.47 Å². The maximum atomic E-state index is 5.92. The molecule has 1 fully saturated rings. The highest BCUT2D eigenvalue weighted by Crippen LogP contribution is 2.17. The lowest BCUT2D eigenvalue weighted by Gasteiger charge is -2.38. The average Bonchev–Trinajstić information content (AvgIpc) is 2.33. The third-order valence-electron chi connectivity index (χ3n) is 3.53. The van der Waals surface area contributed by atoms with Crippen molar-refractivity contribution in [2.75, 3.05) is 47.0 Å². The first-order chi connectivity index (χ1) is 8.19. The van der Waals surface area contributed by atoms with Gasteiger partial charge in [-0.25, -0.2) is 0 Å². The topological polar surface area (TPSA) is 33.7 Å². The lowest BCUT2D eigenvalue weighted by atomic mass is 9.93. The van der Waals surface area contributed by atoms with Crippen LogP contribution in [0.2, 0.25) is 0 Å². The number of ether oxygens (including phenoxy) is 2. The summed E-state index contributed by atoms with van der Waals surface area (Å²) in [5.41, 5.74) is 0. The molecule has 4 heteroatoms. The van der Waals surface area contributed by atoms with Crippen LogP contribution >= 0.6 is 0 Å². The van der Waals surface area contributed by atoms with Crippen molar-refractivity contribution in [3.8, 4) is 0 Å². The molecular weight excluding hydrogens is 216 g/mol. The van der Waals surface area contributed by atoms with Crippen LogP contribution in [0.15, 0.2) is 0 Å². The van der Waals surface area contributed by atoms with Crippen LogP contribution in [0.4, 0.5) is 0 Å². The Morgan fingerprint density at radius 1 is 1.53 bits per heavy atom.